The summed E-state index contributed by atoms with van der Waals surface area (Å²) >= 11 is 0. The van der Waals surface area contributed by atoms with Crippen molar-refractivity contribution in [1.29, 1.82) is 0 Å². The van der Waals surface area contributed by atoms with E-state index in [-0.39, 0.29) is 5.82 Å². The van der Waals surface area contributed by atoms with Crippen LogP contribution in [-0.4, -0.2) is 29.2 Å². The van der Waals surface area contributed by atoms with Gasteiger partial charge < -0.3 is 9.47 Å². The fraction of sp³-hybridized carbons (Fsp3) is 0.231. The van der Waals surface area contributed by atoms with Gasteiger partial charge >= 0.3 is 5.97 Å². The maximum absolute atomic E-state index is 11.7. The van der Waals surface area contributed by atoms with Gasteiger partial charge in [0.25, 0.3) is 0 Å². The lowest BCUT2D eigenvalue weighted by Crippen LogP contribution is -2.12. The molecule has 2 aromatic rings. The van der Waals surface area contributed by atoms with Crippen LogP contribution in [0.5, 0.6) is 5.75 Å². The first-order valence-electron chi connectivity index (χ1n) is 5.61. The molecule has 1 aromatic carbocycles. The van der Waals surface area contributed by atoms with Gasteiger partial charge in [0, 0.05) is 18.1 Å². The van der Waals surface area contributed by atoms with Gasteiger partial charge in [-0.15, -0.1) is 0 Å². The summed E-state index contributed by atoms with van der Waals surface area (Å²) < 4.78 is 11.7. The molecule has 0 aliphatic heterocycles. The number of ether oxygens (including phenoxy) is 2. The molecule has 0 radical (unpaired) electrons. The monoisotopic (exact) mass is 246 g/mol. The van der Waals surface area contributed by atoms with E-state index in [1.165, 1.54) is 0 Å². The molecule has 0 aliphatic carbocycles. The topological polar surface area (TPSA) is 53.3 Å². The van der Waals surface area contributed by atoms with E-state index in [1.54, 1.807) is 31.0 Å². The first-order chi connectivity index (χ1) is 8.76. The van der Waals surface area contributed by atoms with Crippen LogP contribution in [0.1, 0.15) is 17.5 Å². The Morgan fingerprint density at radius 3 is 2.67 bits per heavy atom. The van der Waals surface area contributed by atoms with Crippen LogP contribution in [0.4, 0.5) is 0 Å². The summed E-state index contributed by atoms with van der Waals surface area (Å²) in [6.07, 6.45) is 3.28. The highest BCUT2D eigenvalue weighted by molar-refractivity contribution is 5.86. The average molecular weight is 246 g/mol. The Kier molecular flexibility index (Phi) is 3.62. The third-order valence-corrected chi connectivity index (χ3v) is 2.45. The standard InChI is InChI=1S/C13H14N2O3/c1-3-18-13(16)12-14-8-9-15(12)10-4-6-11(17-2)7-5-10/h4-9H,3H2,1-2H3. The van der Waals surface area contributed by atoms with Gasteiger partial charge in [-0.1, -0.05) is 0 Å². The zero-order chi connectivity index (χ0) is 13.0. The molecule has 0 atom stereocenters. The van der Waals surface area contributed by atoms with E-state index in [4.69, 9.17) is 9.47 Å². The van der Waals surface area contributed by atoms with Crippen LogP contribution in [0.25, 0.3) is 5.69 Å². The van der Waals surface area contributed by atoms with Gasteiger partial charge in [-0.2, -0.15) is 0 Å². The van der Waals surface area contributed by atoms with Gasteiger partial charge in [-0.25, -0.2) is 9.78 Å². The number of rotatable bonds is 4. The summed E-state index contributed by atoms with van der Waals surface area (Å²) in [6, 6.07) is 7.35. The van der Waals surface area contributed by atoms with E-state index in [9.17, 15) is 4.79 Å². The van der Waals surface area contributed by atoms with Gasteiger partial charge in [0.2, 0.25) is 5.82 Å². The number of esters is 1. The smallest absolute Gasteiger partial charge is 0.374 e. The van der Waals surface area contributed by atoms with Crippen molar-refractivity contribution in [3.05, 3.63) is 42.5 Å². The van der Waals surface area contributed by atoms with Crippen molar-refractivity contribution < 1.29 is 14.3 Å². The fourth-order valence-corrected chi connectivity index (χ4v) is 1.60. The molecule has 0 spiro atoms. The Hall–Kier alpha value is -2.30. The van der Waals surface area contributed by atoms with Crippen LogP contribution < -0.4 is 4.74 Å². The molecule has 18 heavy (non-hydrogen) atoms. The quantitative estimate of drug-likeness (QED) is 0.775. The fourth-order valence-electron chi connectivity index (χ4n) is 1.60. The predicted octanol–water partition coefficient (Wildman–Crippen LogP) is 2.06. The number of benzene rings is 1. The molecular formula is C13H14N2O3. The van der Waals surface area contributed by atoms with Crippen molar-refractivity contribution in [2.45, 2.75) is 6.92 Å². The Bertz CT molecular complexity index is 531. The molecule has 94 valence electrons. The first kappa shape index (κ1) is 12.2. The minimum absolute atomic E-state index is 0.266. The van der Waals surface area contributed by atoms with Crippen LogP contribution in [0.3, 0.4) is 0 Å². The average Bonchev–Trinajstić information content (AvgIpc) is 2.88. The van der Waals surface area contributed by atoms with Gasteiger partial charge in [-0.3, -0.25) is 4.57 Å². The van der Waals surface area contributed by atoms with Crippen LogP contribution >= 0.6 is 0 Å². The Labute approximate surface area is 105 Å². The van der Waals surface area contributed by atoms with Crippen molar-refractivity contribution in [2.75, 3.05) is 13.7 Å². The Morgan fingerprint density at radius 1 is 1.33 bits per heavy atom. The van der Waals surface area contributed by atoms with E-state index < -0.39 is 5.97 Å². The summed E-state index contributed by atoms with van der Waals surface area (Å²) in [5.74, 6) is 0.594. The number of hydrogen-bond acceptors (Lipinski definition) is 4. The molecule has 5 heteroatoms. The molecule has 1 heterocycles. The van der Waals surface area contributed by atoms with E-state index >= 15 is 0 Å². The van der Waals surface area contributed by atoms with E-state index in [2.05, 4.69) is 4.98 Å². The molecule has 1 aromatic heterocycles. The molecule has 5 nitrogen and oxygen atoms in total. The number of aromatic nitrogens is 2. The van der Waals surface area contributed by atoms with Gasteiger partial charge in [0.05, 0.1) is 13.7 Å². The van der Waals surface area contributed by atoms with Crippen molar-refractivity contribution in [2.24, 2.45) is 0 Å². The second kappa shape index (κ2) is 5.35. The zero-order valence-corrected chi connectivity index (χ0v) is 10.3. The molecule has 0 fully saturated rings. The highest BCUT2D eigenvalue weighted by Crippen LogP contribution is 2.16. The summed E-state index contributed by atoms with van der Waals surface area (Å²) in [5, 5.41) is 0. The van der Waals surface area contributed by atoms with Crippen molar-refractivity contribution in [3.63, 3.8) is 0 Å². The first-order valence-corrected chi connectivity index (χ1v) is 5.61. The van der Waals surface area contributed by atoms with Crippen molar-refractivity contribution in [3.8, 4) is 11.4 Å². The molecule has 0 saturated carbocycles. The van der Waals surface area contributed by atoms with Gasteiger partial charge in [0.1, 0.15) is 5.75 Å². The second-order valence-corrected chi connectivity index (χ2v) is 3.54. The molecule has 0 N–H and O–H groups in total. The number of nitrogens with zero attached hydrogens (tertiary/aromatic N) is 2. The Balaban J connectivity index is 2.32. The summed E-state index contributed by atoms with van der Waals surface area (Å²) in [4.78, 5) is 15.7. The molecule has 0 saturated heterocycles. The van der Waals surface area contributed by atoms with Crippen LogP contribution in [0.15, 0.2) is 36.7 Å². The molecule has 0 bridgehead atoms. The van der Waals surface area contributed by atoms with Crippen molar-refractivity contribution >= 4 is 5.97 Å². The summed E-state index contributed by atoms with van der Waals surface area (Å²) in [5.41, 5.74) is 0.830. The molecule has 0 amide bonds. The number of methoxy groups -OCH3 is 1. The highest BCUT2D eigenvalue weighted by atomic mass is 16.5. The number of imidazole rings is 1. The lowest BCUT2D eigenvalue weighted by molar-refractivity contribution is 0.0510. The third-order valence-electron chi connectivity index (χ3n) is 2.45. The van der Waals surface area contributed by atoms with Gasteiger partial charge in [-0.05, 0) is 31.2 Å². The van der Waals surface area contributed by atoms with Crippen LogP contribution in [0.2, 0.25) is 0 Å². The highest BCUT2D eigenvalue weighted by Gasteiger charge is 2.14. The molecule has 0 unspecified atom stereocenters. The summed E-state index contributed by atoms with van der Waals surface area (Å²) in [6.45, 7) is 2.09. The minimum atomic E-state index is -0.432. The maximum atomic E-state index is 11.7. The lowest BCUT2D eigenvalue weighted by atomic mass is 10.3. The SMILES string of the molecule is CCOC(=O)c1nccn1-c1ccc(OC)cc1. The number of carbonyl (C=O) groups excluding carboxylic acids is 1. The molecular weight excluding hydrogens is 232 g/mol. The van der Waals surface area contributed by atoms with Crippen molar-refractivity contribution in [1.82, 2.24) is 9.55 Å². The van der Waals surface area contributed by atoms with E-state index in [1.807, 2.05) is 24.3 Å². The van der Waals surface area contributed by atoms with Crippen LogP contribution in [0, 0.1) is 0 Å². The normalized spacial score (nSPS) is 10.1. The number of carbonyl (C=O) groups is 1. The van der Waals surface area contributed by atoms with Crippen LogP contribution in [-0.2, 0) is 4.74 Å². The number of hydrogen-bond donors (Lipinski definition) is 0. The van der Waals surface area contributed by atoms with Gasteiger partial charge in [0.15, 0.2) is 0 Å². The Morgan fingerprint density at radius 2 is 2.06 bits per heavy atom. The zero-order valence-electron chi connectivity index (χ0n) is 10.3. The van der Waals surface area contributed by atoms with E-state index in [0.717, 1.165) is 11.4 Å². The molecule has 2 rings (SSSR count). The third kappa shape index (κ3) is 2.34. The summed E-state index contributed by atoms with van der Waals surface area (Å²) in [7, 11) is 1.61. The predicted molar refractivity (Wildman–Crippen MR) is 66.1 cm³/mol. The lowest BCUT2D eigenvalue weighted by Gasteiger charge is -2.07. The second-order valence-electron chi connectivity index (χ2n) is 3.54. The minimum Gasteiger partial charge on any atom is -0.497 e. The maximum Gasteiger partial charge on any atom is 0.374 e. The van der Waals surface area contributed by atoms with E-state index in [0.29, 0.717) is 6.61 Å². The largest absolute Gasteiger partial charge is 0.497 e. The molecule has 0 aliphatic rings.